The van der Waals surface area contributed by atoms with Crippen molar-refractivity contribution in [3.05, 3.63) is 77.4 Å². The van der Waals surface area contributed by atoms with Crippen LogP contribution in [0.25, 0.3) is 11.8 Å². The predicted molar refractivity (Wildman–Crippen MR) is 120 cm³/mol. The monoisotopic (exact) mass is 430 g/mol. The van der Waals surface area contributed by atoms with Crippen LogP contribution < -0.4 is 15.0 Å². The number of urea groups is 1. The first-order valence-corrected chi connectivity index (χ1v) is 10.1. The number of aryl methyl sites for hydroxylation is 1. The first kappa shape index (κ1) is 21.0. The lowest BCUT2D eigenvalue weighted by Crippen LogP contribution is -2.54. The zero-order valence-corrected chi connectivity index (χ0v) is 18.0. The lowest BCUT2D eigenvalue weighted by atomic mass is 10.1. The Morgan fingerprint density at radius 2 is 1.81 bits per heavy atom. The average Bonchev–Trinajstić information content (AvgIpc) is 3.06. The van der Waals surface area contributed by atoms with Gasteiger partial charge in [-0.1, -0.05) is 0 Å². The molecule has 3 aromatic rings. The minimum absolute atomic E-state index is 0.120. The molecule has 1 aliphatic rings. The number of nitrogens with one attached hydrogen (secondary N) is 1. The van der Waals surface area contributed by atoms with E-state index in [1.165, 1.54) is 6.08 Å². The molecule has 0 aliphatic carbocycles. The average molecular weight is 430 g/mol. The van der Waals surface area contributed by atoms with Crippen molar-refractivity contribution in [3.63, 3.8) is 0 Å². The maximum Gasteiger partial charge on any atom is 0.335 e. The van der Waals surface area contributed by atoms with Gasteiger partial charge in [0.05, 0.1) is 24.2 Å². The Hall–Kier alpha value is -4.20. The number of benzene rings is 1. The first-order valence-electron chi connectivity index (χ1n) is 10.1. The van der Waals surface area contributed by atoms with Gasteiger partial charge in [0.2, 0.25) is 0 Å². The summed E-state index contributed by atoms with van der Waals surface area (Å²) in [5.41, 5.74) is 3.56. The van der Waals surface area contributed by atoms with Crippen molar-refractivity contribution in [2.75, 3.05) is 11.5 Å². The highest BCUT2D eigenvalue weighted by atomic mass is 16.5. The Morgan fingerprint density at radius 1 is 1.06 bits per heavy atom. The maximum atomic E-state index is 13.2. The molecule has 1 aliphatic heterocycles. The number of imide groups is 2. The molecule has 0 radical (unpaired) electrons. The molecule has 0 unspecified atom stereocenters. The summed E-state index contributed by atoms with van der Waals surface area (Å²) in [6.07, 6.45) is 4.95. The number of hydrogen-bond acceptors (Lipinski definition) is 5. The molecule has 2 aromatic heterocycles. The van der Waals surface area contributed by atoms with Crippen molar-refractivity contribution in [3.8, 4) is 11.4 Å². The number of amides is 4. The van der Waals surface area contributed by atoms with Gasteiger partial charge in [0.1, 0.15) is 11.3 Å². The van der Waals surface area contributed by atoms with Crippen molar-refractivity contribution < 1.29 is 19.1 Å². The number of rotatable bonds is 5. The van der Waals surface area contributed by atoms with E-state index in [2.05, 4.69) is 10.3 Å². The Balaban J connectivity index is 1.71. The molecular weight excluding hydrogens is 408 g/mol. The Morgan fingerprint density at radius 3 is 2.47 bits per heavy atom. The third-order valence-electron chi connectivity index (χ3n) is 5.18. The lowest BCUT2D eigenvalue weighted by molar-refractivity contribution is -0.122. The molecule has 8 heteroatoms. The van der Waals surface area contributed by atoms with E-state index in [1.54, 1.807) is 36.7 Å². The second-order valence-corrected chi connectivity index (χ2v) is 7.26. The second-order valence-electron chi connectivity index (χ2n) is 7.26. The maximum absolute atomic E-state index is 13.2. The molecule has 1 N–H and O–H groups in total. The van der Waals surface area contributed by atoms with Crippen molar-refractivity contribution in [1.29, 1.82) is 0 Å². The molecule has 162 valence electrons. The number of pyridine rings is 1. The number of carbonyl (C=O) groups excluding carboxylic acids is 3. The number of hydrogen-bond donors (Lipinski definition) is 1. The minimum atomic E-state index is -0.790. The molecule has 0 spiro atoms. The van der Waals surface area contributed by atoms with Crippen LogP contribution in [0, 0.1) is 13.8 Å². The van der Waals surface area contributed by atoms with Gasteiger partial charge in [-0.2, -0.15) is 0 Å². The van der Waals surface area contributed by atoms with Crippen molar-refractivity contribution in [2.24, 2.45) is 0 Å². The van der Waals surface area contributed by atoms with Gasteiger partial charge >= 0.3 is 6.03 Å². The summed E-state index contributed by atoms with van der Waals surface area (Å²) in [7, 11) is 0. The first-order chi connectivity index (χ1) is 15.4. The zero-order chi connectivity index (χ0) is 22.8. The fourth-order valence-corrected chi connectivity index (χ4v) is 3.72. The number of anilines is 1. The van der Waals surface area contributed by atoms with Crippen LogP contribution in [0.5, 0.6) is 5.75 Å². The van der Waals surface area contributed by atoms with Crippen LogP contribution in [0.2, 0.25) is 0 Å². The summed E-state index contributed by atoms with van der Waals surface area (Å²) in [6, 6.07) is 11.4. The smallest absolute Gasteiger partial charge is 0.335 e. The highest BCUT2D eigenvalue weighted by molar-refractivity contribution is 6.39. The summed E-state index contributed by atoms with van der Waals surface area (Å²) in [6.45, 7) is 6.19. The summed E-state index contributed by atoms with van der Waals surface area (Å²) in [4.78, 5) is 43.2. The van der Waals surface area contributed by atoms with Crippen LogP contribution in [0.1, 0.15) is 23.9 Å². The van der Waals surface area contributed by atoms with E-state index in [1.807, 2.05) is 43.5 Å². The van der Waals surface area contributed by atoms with Gasteiger partial charge in [-0.3, -0.25) is 19.9 Å². The summed E-state index contributed by atoms with van der Waals surface area (Å²) in [5, 5.41) is 2.25. The lowest BCUT2D eigenvalue weighted by Gasteiger charge is -2.26. The molecule has 1 saturated heterocycles. The van der Waals surface area contributed by atoms with Crippen molar-refractivity contribution in [2.45, 2.75) is 20.8 Å². The Labute approximate surface area is 185 Å². The van der Waals surface area contributed by atoms with E-state index in [0.29, 0.717) is 23.6 Å². The quantitative estimate of drug-likeness (QED) is 0.494. The van der Waals surface area contributed by atoms with Crippen LogP contribution in [0.4, 0.5) is 10.5 Å². The Kier molecular flexibility index (Phi) is 5.59. The fraction of sp³-hybridized carbons (Fsp3) is 0.167. The molecular formula is C24H22N4O4. The topological polar surface area (TPSA) is 93.5 Å². The molecule has 1 aromatic carbocycles. The fourth-order valence-electron chi connectivity index (χ4n) is 3.72. The third-order valence-corrected chi connectivity index (χ3v) is 5.18. The van der Waals surface area contributed by atoms with E-state index in [4.69, 9.17) is 4.74 Å². The van der Waals surface area contributed by atoms with Crippen LogP contribution in [0.15, 0.2) is 60.4 Å². The third kappa shape index (κ3) is 3.78. The largest absolute Gasteiger partial charge is 0.494 e. The number of nitrogens with zero attached hydrogens (tertiary/aromatic N) is 3. The number of carbonyl (C=O) groups is 3. The van der Waals surface area contributed by atoms with Gasteiger partial charge in [0.25, 0.3) is 11.8 Å². The van der Waals surface area contributed by atoms with Gasteiger partial charge in [-0.15, -0.1) is 0 Å². The molecule has 0 atom stereocenters. The molecule has 8 nitrogen and oxygen atoms in total. The van der Waals surface area contributed by atoms with Gasteiger partial charge in [0.15, 0.2) is 0 Å². The number of barbiturate groups is 1. The van der Waals surface area contributed by atoms with Gasteiger partial charge in [-0.05, 0) is 74.9 Å². The van der Waals surface area contributed by atoms with Crippen LogP contribution in [-0.2, 0) is 9.59 Å². The normalized spacial score (nSPS) is 15.3. The molecule has 0 saturated carbocycles. The van der Waals surface area contributed by atoms with E-state index in [9.17, 15) is 14.4 Å². The van der Waals surface area contributed by atoms with E-state index in [-0.39, 0.29) is 5.57 Å². The summed E-state index contributed by atoms with van der Waals surface area (Å²) >= 11 is 0. The van der Waals surface area contributed by atoms with Crippen LogP contribution in [-0.4, -0.2) is 34.0 Å². The molecule has 0 bridgehead atoms. The summed E-state index contributed by atoms with van der Waals surface area (Å²) in [5.74, 6) is -0.793. The molecule has 1 fully saturated rings. The van der Waals surface area contributed by atoms with Gasteiger partial charge < -0.3 is 9.30 Å². The van der Waals surface area contributed by atoms with E-state index in [0.717, 1.165) is 22.0 Å². The molecule has 32 heavy (non-hydrogen) atoms. The standard InChI is InChI=1S/C24H22N4O4/c1-4-32-20-9-7-18(8-10-20)28-23(30)21(22(29)26-24(28)31)13-17-12-15(2)27(16(17)3)19-6-5-11-25-14-19/h5-14H,4H2,1-3H3,(H,26,29,31)/b21-13-. The van der Waals surface area contributed by atoms with Crippen molar-refractivity contribution >= 4 is 29.6 Å². The van der Waals surface area contributed by atoms with E-state index < -0.39 is 17.8 Å². The minimum Gasteiger partial charge on any atom is -0.494 e. The van der Waals surface area contributed by atoms with E-state index >= 15 is 0 Å². The van der Waals surface area contributed by atoms with Crippen LogP contribution in [0.3, 0.4) is 0 Å². The number of ether oxygens (including phenoxy) is 1. The molecule has 4 rings (SSSR count). The highest BCUT2D eigenvalue weighted by Crippen LogP contribution is 2.26. The predicted octanol–water partition coefficient (Wildman–Crippen LogP) is 3.55. The van der Waals surface area contributed by atoms with Gasteiger partial charge in [-0.25, -0.2) is 9.69 Å². The number of aromatic nitrogens is 2. The van der Waals surface area contributed by atoms with Crippen LogP contribution >= 0.6 is 0 Å². The van der Waals surface area contributed by atoms with Gasteiger partial charge in [0, 0.05) is 17.6 Å². The summed E-state index contributed by atoms with van der Waals surface area (Å²) < 4.78 is 7.39. The molecule has 4 amide bonds. The molecule has 3 heterocycles. The second kappa shape index (κ2) is 8.50. The SMILES string of the molecule is CCOc1ccc(N2C(=O)NC(=O)/C(=C/c3cc(C)n(-c4cccnc4)c3C)C2=O)cc1. The zero-order valence-electron chi connectivity index (χ0n) is 18.0. The highest BCUT2D eigenvalue weighted by Gasteiger charge is 2.37. The Bertz CT molecular complexity index is 1230. The van der Waals surface area contributed by atoms with Crippen molar-refractivity contribution in [1.82, 2.24) is 14.9 Å².